The molecule has 4 aromatic rings. The van der Waals surface area contributed by atoms with Crippen molar-refractivity contribution in [3.05, 3.63) is 101 Å². The second-order valence-corrected chi connectivity index (χ2v) is 7.63. The first-order chi connectivity index (χ1) is 15.2. The number of halogens is 1. The van der Waals surface area contributed by atoms with Crippen molar-refractivity contribution in [2.45, 2.75) is 19.8 Å². The van der Waals surface area contributed by atoms with Crippen molar-refractivity contribution in [3.8, 4) is 11.3 Å². The van der Waals surface area contributed by atoms with Crippen LogP contribution in [0.3, 0.4) is 0 Å². The summed E-state index contributed by atoms with van der Waals surface area (Å²) in [6, 6.07) is 26.7. The number of pyridine rings is 1. The van der Waals surface area contributed by atoms with Crippen molar-refractivity contribution in [2.24, 2.45) is 5.10 Å². The Balaban J connectivity index is 1.72. The van der Waals surface area contributed by atoms with Gasteiger partial charge in [-0.3, -0.25) is 4.79 Å². The van der Waals surface area contributed by atoms with Gasteiger partial charge in [-0.2, -0.15) is 5.10 Å². The third kappa shape index (κ3) is 4.81. The number of nitrogens with one attached hydrogen (secondary N) is 1. The minimum absolute atomic E-state index is 0.265. The lowest BCUT2D eigenvalue weighted by Crippen LogP contribution is -2.20. The summed E-state index contributed by atoms with van der Waals surface area (Å²) >= 11 is 6.02. The number of rotatable bonds is 6. The van der Waals surface area contributed by atoms with E-state index in [4.69, 9.17) is 16.6 Å². The highest BCUT2D eigenvalue weighted by atomic mass is 35.5. The maximum Gasteiger partial charge on any atom is 0.272 e. The van der Waals surface area contributed by atoms with Gasteiger partial charge in [-0.25, -0.2) is 10.4 Å². The predicted octanol–water partition coefficient (Wildman–Crippen LogP) is 6.49. The van der Waals surface area contributed by atoms with E-state index in [9.17, 15) is 4.79 Å². The third-order valence-electron chi connectivity index (χ3n) is 4.99. The van der Waals surface area contributed by atoms with Gasteiger partial charge >= 0.3 is 0 Å². The zero-order valence-electron chi connectivity index (χ0n) is 17.2. The van der Waals surface area contributed by atoms with Crippen LogP contribution >= 0.6 is 11.6 Å². The average Bonchev–Trinajstić information content (AvgIpc) is 2.82. The monoisotopic (exact) mass is 427 g/mol. The number of benzene rings is 3. The fraction of sp³-hybridized carbons (Fsp3) is 0.115. The number of amides is 1. The van der Waals surface area contributed by atoms with Crippen LogP contribution in [-0.2, 0) is 0 Å². The molecule has 0 atom stereocenters. The van der Waals surface area contributed by atoms with Crippen molar-refractivity contribution in [1.82, 2.24) is 10.4 Å². The van der Waals surface area contributed by atoms with Gasteiger partial charge in [0.25, 0.3) is 5.91 Å². The van der Waals surface area contributed by atoms with Gasteiger partial charge in [-0.05, 0) is 36.2 Å². The molecule has 0 saturated carbocycles. The fourth-order valence-electron chi connectivity index (χ4n) is 3.44. The molecular weight excluding hydrogens is 406 g/mol. The number of aromatic nitrogens is 1. The minimum atomic E-state index is -0.265. The molecule has 4 nitrogen and oxygen atoms in total. The van der Waals surface area contributed by atoms with E-state index in [1.165, 1.54) is 0 Å². The predicted molar refractivity (Wildman–Crippen MR) is 128 cm³/mol. The van der Waals surface area contributed by atoms with Crippen molar-refractivity contribution < 1.29 is 4.79 Å². The first-order valence-corrected chi connectivity index (χ1v) is 10.6. The summed E-state index contributed by atoms with van der Waals surface area (Å²) in [6.45, 7) is 2.09. The maximum absolute atomic E-state index is 13.2. The van der Waals surface area contributed by atoms with Crippen molar-refractivity contribution in [1.29, 1.82) is 0 Å². The van der Waals surface area contributed by atoms with Gasteiger partial charge < -0.3 is 0 Å². The van der Waals surface area contributed by atoms with Gasteiger partial charge in [-0.1, -0.05) is 85.6 Å². The average molecular weight is 428 g/mol. The number of para-hydroxylation sites is 1. The standard InChI is InChI=1S/C26H22ClN3O/c1-2-8-23(18-9-4-3-5-10-18)29-30-26(31)22-17-25(19-13-15-20(27)16-14-19)28-24-12-7-6-11-21(22)24/h3-7,9-17H,2,8H2,1H3,(H,30,31)/b29-23-. The SMILES string of the molecule is CCC/C(=N/NC(=O)c1cc(-c2ccc(Cl)cc2)nc2ccccc12)c1ccccc1. The molecule has 5 heteroatoms. The number of hydrogen-bond donors (Lipinski definition) is 1. The molecule has 0 fully saturated rings. The smallest absolute Gasteiger partial charge is 0.267 e. The molecule has 0 unspecified atom stereocenters. The maximum atomic E-state index is 13.2. The number of fused-ring (bicyclic) bond motifs is 1. The second kappa shape index (κ2) is 9.54. The number of carbonyl (C=O) groups excluding carboxylic acids is 1. The molecule has 0 aliphatic rings. The Bertz CT molecular complexity index is 1230. The van der Waals surface area contributed by atoms with Crippen LogP contribution in [0.1, 0.15) is 35.7 Å². The molecule has 0 aliphatic heterocycles. The van der Waals surface area contributed by atoms with E-state index in [0.717, 1.165) is 40.6 Å². The van der Waals surface area contributed by atoms with Crippen LogP contribution in [0, 0.1) is 0 Å². The lowest BCUT2D eigenvalue weighted by atomic mass is 10.0. The van der Waals surface area contributed by atoms with Gasteiger partial charge in [0, 0.05) is 16.0 Å². The number of hydrogen-bond acceptors (Lipinski definition) is 3. The summed E-state index contributed by atoms with van der Waals surface area (Å²) in [7, 11) is 0. The largest absolute Gasteiger partial charge is 0.272 e. The van der Waals surface area contributed by atoms with E-state index in [1.807, 2.05) is 78.9 Å². The summed E-state index contributed by atoms with van der Waals surface area (Å²) in [5, 5.41) is 5.90. The zero-order valence-corrected chi connectivity index (χ0v) is 17.9. The van der Waals surface area contributed by atoms with Gasteiger partial charge in [0.05, 0.1) is 22.5 Å². The van der Waals surface area contributed by atoms with E-state index in [-0.39, 0.29) is 5.91 Å². The van der Waals surface area contributed by atoms with Gasteiger partial charge in [0.15, 0.2) is 0 Å². The van der Waals surface area contributed by atoms with Crippen LogP contribution in [0.15, 0.2) is 90.0 Å². The number of carbonyl (C=O) groups is 1. The lowest BCUT2D eigenvalue weighted by molar-refractivity contribution is 0.0956. The van der Waals surface area contributed by atoms with Crippen LogP contribution in [0.2, 0.25) is 5.02 Å². The van der Waals surface area contributed by atoms with Crippen molar-refractivity contribution >= 4 is 34.1 Å². The Morgan fingerprint density at radius 1 is 0.968 bits per heavy atom. The highest BCUT2D eigenvalue weighted by Crippen LogP contribution is 2.26. The number of nitrogens with zero attached hydrogens (tertiary/aromatic N) is 2. The summed E-state index contributed by atoms with van der Waals surface area (Å²) in [4.78, 5) is 17.9. The molecule has 1 heterocycles. The molecule has 0 aliphatic carbocycles. The van der Waals surface area contributed by atoms with E-state index in [0.29, 0.717) is 16.3 Å². The molecule has 0 spiro atoms. The van der Waals surface area contributed by atoms with Gasteiger partial charge in [0.1, 0.15) is 0 Å². The van der Waals surface area contributed by atoms with E-state index in [1.54, 1.807) is 6.07 Å². The molecule has 3 aromatic carbocycles. The molecule has 0 saturated heterocycles. The zero-order chi connectivity index (χ0) is 21.6. The molecule has 0 bridgehead atoms. The van der Waals surface area contributed by atoms with Crippen molar-refractivity contribution in [3.63, 3.8) is 0 Å². The lowest BCUT2D eigenvalue weighted by Gasteiger charge is -2.10. The molecule has 1 N–H and O–H groups in total. The first kappa shape index (κ1) is 20.8. The number of hydrazone groups is 1. The summed E-state index contributed by atoms with van der Waals surface area (Å²) in [6.07, 6.45) is 1.71. The Kier molecular flexibility index (Phi) is 6.39. The molecular formula is C26H22ClN3O. The Hall–Kier alpha value is -3.50. The van der Waals surface area contributed by atoms with E-state index >= 15 is 0 Å². The molecule has 0 radical (unpaired) electrons. The van der Waals surface area contributed by atoms with Crippen LogP contribution in [-0.4, -0.2) is 16.6 Å². The highest BCUT2D eigenvalue weighted by Gasteiger charge is 2.14. The summed E-state index contributed by atoms with van der Waals surface area (Å²) in [5.74, 6) is -0.265. The Morgan fingerprint density at radius 2 is 1.68 bits per heavy atom. The van der Waals surface area contributed by atoms with Crippen LogP contribution in [0.4, 0.5) is 0 Å². The Morgan fingerprint density at radius 3 is 2.42 bits per heavy atom. The van der Waals surface area contributed by atoms with Crippen LogP contribution < -0.4 is 5.43 Å². The van der Waals surface area contributed by atoms with Crippen molar-refractivity contribution in [2.75, 3.05) is 0 Å². The molecule has 4 rings (SSSR count). The quantitative estimate of drug-likeness (QED) is 0.282. The van der Waals surface area contributed by atoms with Gasteiger partial charge in [-0.15, -0.1) is 0 Å². The minimum Gasteiger partial charge on any atom is -0.267 e. The highest BCUT2D eigenvalue weighted by molar-refractivity contribution is 6.30. The van der Waals surface area contributed by atoms with Crippen LogP contribution in [0.5, 0.6) is 0 Å². The molecule has 154 valence electrons. The van der Waals surface area contributed by atoms with E-state index in [2.05, 4.69) is 17.5 Å². The second-order valence-electron chi connectivity index (χ2n) is 7.19. The van der Waals surface area contributed by atoms with E-state index < -0.39 is 0 Å². The van der Waals surface area contributed by atoms with Crippen LogP contribution in [0.25, 0.3) is 22.2 Å². The third-order valence-corrected chi connectivity index (χ3v) is 5.24. The molecule has 31 heavy (non-hydrogen) atoms. The summed E-state index contributed by atoms with van der Waals surface area (Å²) < 4.78 is 0. The Labute approximate surface area is 186 Å². The normalized spacial score (nSPS) is 11.5. The molecule has 1 aromatic heterocycles. The summed E-state index contributed by atoms with van der Waals surface area (Å²) in [5.41, 5.74) is 7.51. The molecule has 1 amide bonds. The topological polar surface area (TPSA) is 54.4 Å². The first-order valence-electron chi connectivity index (χ1n) is 10.2. The van der Waals surface area contributed by atoms with Gasteiger partial charge in [0.2, 0.25) is 0 Å². The fourth-order valence-corrected chi connectivity index (χ4v) is 3.57.